The molecule has 0 fully saturated rings. The molecule has 0 aliphatic carbocycles. The highest BCUT2D eigenvalue weighted by Crippen LogP contribution is 2.38. The average molecular weight is 414 g/mol. The molecule has 31 heavy (non-hydrogen) atoms. The topological polar surface area (TPSA) is 77.4 Å². The van der Waals surface area contributed by atoms with Crippen LogP contribution in [0.3, 0.4) is 0 Å². The summed E-state index contributed by atoms with van der Waals surface area (Å²) >= 11 is 0. The van der Waals surface area contributed by atoms with Crippen LogP contribution in [0.5, 0.6) is 11.6 Å². The number of carbonyl (C=O) groups excluding carboxylic acids is 1. The van der Waals surface area contributed by atoms with E-state index in [9.17, 15) is 4.79 Å². The Morgan fingerprint density at radius 3 is 2.68 bits per heavy atom. The van der Waals surface area contributed by atoms with Crippen LogP contribution in [0.4, 0.5) is 5.69 Å². The van der Waals surface area contributed by atoms with Crippen LogP contribution in [-0.4, -0.2) is 35.1 Å². The maximum atomic E-state index is 13.2. The molecule has 1 aliphatic heterocycles. The largest absolute Gasteiger partial charge is 0.491 e. The predicted molar refractivity (Wildman–Crippen MR) is 117 cm³/mol. The Kier molecular flexibility index (Phi) is 5.30. The van der Waals surface area contributed by atoms with Crippen molar-refractivity contribution in [2.75, 3.05) is 19.1 Å². The summed E-state index contributed by atoms with van der Waals surface area (Å²) in [7, 11) is 3.09. The fourth-order valence-corrected chi connectivity index (χ4v) is 3.68. The van der Waals surface area contributed by atoms with Crippen molar-refractivity contribution in [1.29, 1.82) is 0 Å². The molecule has 156 valence electrons. The molecule has 0 N–H and O–H groups in total. The Balaban J connectivity index is 1.72. The van der Waals surface area contributed by atoms with E-state index in [0.717, 1.165) is 16.9 Å². The van der Waals surface area contributed by atoms with Gasteiger partial charge < -0.3 is 9.47 Å². The van der Waals surface area contributed by atoms with E-state index in [4.69, 9.17) is 20.9 Å². The molecule has 2 atom stereocenters. The van der Waals surface area contributed by atoms with Gasteiger partial charge in [0.05, 0.1) is 48.8 Å². The van der Waals surface area contributed by atoms with Gasteiger partial charge in [0.1, 0.15) is 0 Å². The van der Waals surface area contributed by atoms with Gasteiger partial charge in [-0.15, -0.1) is 6.42 Å². The van der Waals surface area contributed by atoms with Gasteiger partial charge >= 0.3 is 0 Å². The van der Waals surface area contributed by atoms with E-state index in [1.54, 1.807) is 30.5 Å². The van der Waals surface area contributed by atoms with Crippen molar-refractivity contribution in [3.8, 4) is 35.2 Å². The lowest BCUT2D eigenvalue weighted by Gasteiger charge is -2.22. The van der Waals surface area contributed by atoms with Gasteiger partial charge in [-0.3, -0.25) is 14.7 Å². The highest BCUT2D eigenvalue weighted by molar-refractivity contribution is 6.10. The third-order valence-corrected chi connectivity index (χ3v) is 5.42. The lowest BCUT2D eigenvalue weighted by molar-refractivity contribution is 0.0992. The summed E-state index contributed by atoms with van der Waals surface area (Å²) in [6.45, 7) is 3.86. The van der Waals surface area contributed by atoms with Gasteiger partial charge in [0.2, 0.25) is 0 Å². The second-order valence-corrected chi connectivity index (χ2v) is 7.24. The minimum atomic E-state index is -0.244. The van der Waals surface area contributed by atoms with Crippen molar-refractivity contribution in [3.63, 3.8) is 0 Å². The third-order valence-electron chi connectivity index (χ3n) is 5.42. The van der Waals surface area contributed by atoms with Crippen LogP contribution >= 0.6 is 0 Å². The summed E-state index contributed by atoms with van der Waals surface area (Å²) in [5.41, 5.74) is 4.25. The van der Waals surface area contributed by atoms with Crippen molar-refractivity contribution in [1.82, 2.24) is 15.0 Å². The highest BCUT2D eigenvalue weighted by Gasteiger charge is 2.36. The van der Waals surface area contributed by atoms with Crippen molar-refractivity contribution >= 4 is 11.6 Å². The number of nitrogens with zero attached hydrogens (tertiary/aromatic N) is 4. The van der Waals surface area contributed by atoms with Crippen LogP contribution in [0.15, 0.2) is 42.7 Å². The molecular formula is C24H22N4O3. The number of anilines is 1. The van der Waals surface area contributed by atoms with Crippen LogP contribution in [0.2, 0.25) is 0 Å². The highest BCUT2D eigenvalue weighted by atomic mass is 16.5. The molecule has 3 aromatic heterocycles. The van der Waals surface area contributed by atoms with E-state index in [1.165, 1.54) is 7.11 Å². The first-order valence-electron chi connectivity index (χ1n) is 9.83. The molecule has 3 aromatic rings. The summed E-state index contributed by atoms with van der Waals surface area (Å²) < 4.78 is 10.6. The third kappa shape index (κ3) is 3.46. The van der Waals surface area contributed by atoms with Crippen molar-refractivity contribution in [2.24, 2.45) is 0 Å². The fraction of sp³-hybridized carbons (Fsp3) is 0.250. The molecule has 1 amide bonds. The van der Waals surface area contributed by atoms with Gasteiger partial charge in [0.25, 0.3) is 11.8 Å². The van der Waals surface area contributed by atoms with Crippen LogP contribution in [0.25, 0.3) is 11.3 Å². The van der Waals surface area contributed by atoms with Crippen molar-refractivity contribution in [2.45, 2.75) is 25.8 Å². The maximum Gasteiger partial charge on any atom is 0.260 e. The smallest absolute Gasteiger partial charge is 0.260 e. The van der Waals surface area contributed by atoms with E-state index in [2.05, 4.69) is 15.9 Å². The molecular weight excluding hydrogens is 392 g/mol. The van der Waals surface area contributed by atoms with Crippen LogP contribution in [0, 0.1) is 12.3 Å². The number of pyridine rings is 3. The summed E-state index contributed by atoms with van der Waals surface area (Å²) in [6.07, 6.45) is 8.89. The summed E-state index contributed by atoms with van der Waals surface area (Å²) in [5.74, 6) is 3.35. The molecule has 7 heteroatoms. The van der Waals surface area contributed by atoms with E-state index in [-0.39, 0.29) is 17.9 Å². The van der Waals surface area contributed by atoms with E-state index >= 15 is 0 Å². The minimum Gasteiger partial charge on any atom is -0.491 e. The Labute approximate surface area is 181 Å². The number of terminal acetylenes is 1. The first kappa shape index (κ1) is 20.4. The standard InChI is InChI=1S/C24H22N4O3/c1-6-14(2)20-12-17(9-10-25-20)28-15(3)22-18(24(28)29)7-8-19(27-22)16-11-21(30-4)23(31-5)26-13-16/h1,7-15H,2-5H3. The quantitative estimate of drug-likeness (QED) is 0.587. The number of amides is 1. The summed E-state index contributed by atoms with van der Waals surface area (Å²) in [4.78, 5) is 28.3. The number of hydrogen-bond acceptors (Lipinski definition) is 6. The number of methoxy groups -OCH3 is 2. The molecule has 1 aliphatic rings. The zero-order valence-electron chi connectivity index (χ0n) is 17.8. The first-order chi connectivity index (χ1) is 15.0. The van der Waals surface area contributed by atoms with E-state index in [1.807, 2.05) is 38.1 Å². The number of aromatic nitrogens is 3. The Bertz CT molecular complexity index is 1200. The molecule has 0 saturated heterocycles. The van der Waals surface area contributed by atoms with Gasteiger partial charge in [0, 0.05) is 23.6 Å². The fourth-order valence-electron chi connectivity index (χ4n) is 3.68. The summed E-state index contributed by atoms with van der Waals surface area (Å²) in [5, 5.41) is 0. The van der Waals surface area contributed by atoms with E-state index in [0.29, 0.717) is 28.6 Å². The zero-order chi connectivity index (χ0) is 22.1. The lowest BCUT2D eigenvalue weighted by Crippen LogP contribution is -2.26. The van der Waals surface area contributed by atoms with Crippen molar-refractivity contribution in [3.05, 3.63) is 59.7 Å². The second kappa shape index (κ2) is 8.07. The predicted octanol–water partition coefficient (Wildman–Crippen LogP) is 4.01. The number of hydrogen-bond donors (Lipinski definition) is 0. The number of carbonyl (C=O) groups is 1. The number of ether oxygens (including phenoxy) is 2. The molecule has 0 spiro atoms. The SMILES string of the molecule is C#CC(C)c1cc(N2C(=O)c3ccc(-c4cnc(OC)c(OC)c4)nc3C2C)ccn1. The molecule has 4 heterocycles. The molecule has 0 aromatic carbocycles. The Morgan fingerprint density at radius 1 is 1.16 bits per heavy atom. The van der Waals surface area contributed by atoms with Gasteiger partial charge in [-0.25, -0.2) is 9.97 Å². The van der Waals surface area contributed by atoms with Crippen LogP contribution < -0.4 is 14.4 Å². The van der Waals surface area contributed by atoms with E-state index < -0.39 is 0 Å². The van der Waals surface area contributed by atoms with Gasteiger partial charge in [-0.1, -0.05) is 5.92 Å². The van der Waals surface area contributed by atoms with Gasteiger partial charge in [0.15, 0.2) is 5.75 Å². The monoisotopic (exact) mass is 414 g/mol. The number of rotatable bonds is 5. The number of fused-ring (bicyclic) bond motifs is 1. The van der Waals surface area contributed by atoms with Gasteiger partial charge in [-0.2, -0.15) is 0 Å². The summed E-state index contributed by atoms with van der Waals surface area (Å²) in [6, 6.07) is 8.87. The van der Waals surface area contributed by atoms with Gasteiger partial charge in [-0.05, 0) is 44.2 Å². The van der Waals surface area contributed by atoms with Crippen LogP contribution in [-0.2, 0) is 0 Å². The van der Waals surface area contributed by atoms with Crippen molar-refractivity contribution < 1.29 is 14.3 Å². The lowest BCUT2D eigenvalue weighted by atomic mass is 10.1. The molecule has 7 nitrogen and oxygen atoms in total. The molecule has 4 rings (SSSR count). The Morgan fingerprint density at radius 2 is 1.97 bits per heavy atom. The maximum absolute atomic E-state index is 13.2. The zero-order valence-corrected chi connectivity index (χ0v) is 17.8. The van der Waals surface area contributed by atoms with Crippen LogP contribution in [0.1, 0.15) is 47.6 Å². The molecule has 2 unspecified atom stereocenters. The molecule has 0 bridgehead atoms. The minimum absolute atomic E-state index is 0.0995. The Hall–Kier alpha value is -3.92. The molecule has 0 saturated carbocycles. The first-order valence-corrected chi connectivity index (χ1v) is 9.83. The molecule has 0 radical (unpaired) electrons. The normalized spacial score (nSPS) is 15.9. The second-order valence-electron chi connectivity index (χ2n) is 7.24. The average Bonchev–Trinajstić information content (AvgIpc) is 3.07.